The average Bonchev–Trinajstić information content (AvgIpc) is 3.11. The minimum atomic E-state index is -3.24. The Hall–Kier alpha value is -2.43. The standard InChI is InChI=1S/C19H24N2O6S2/c1-14-4-3-5-15(12-14)26-11-10-20-18(22)13-27-19(23)17-7-6-16(28-17)8-9-21-29(2,24)25/h3-7,12,21H,8-11,13H2,1-2H3,(H,20,22). The number of carbonyl (C=O) groups excluding carboxylic acids is 2. The molecule has 2 N–H and O–H groups in total. The van der Waals surface area contributed by atoms with Crippen LogP contribution in [0.4, 0.5) is 0 Å². The average molecular weight is 441 g/mol. The van der Waals surface area contributed by atoms with Gasteiger partial charge < -0.3 is 14.8 Å². The molecule has 0 atom stereocenters. The molecule has 2 aromatic rings. The normalized spacial score (nSPS) is 11.1. The van der Waals surface area contributed by atoms with Gasteiger partial charge in [0.25, 0.3) is 5.91 Å². The molecule has 2 rings (SSSR count). The van der Waals surface area contributed by atoms with E-state index in [-0.39, 0.29) is 13.2 Å². The van der Waals surface area contributed by atoms with Crippen LogP contribution >= 0.6 is 11.3 Å². The molecule has 0 fully saturated rings. The summed E-state index contributed by atoms with van der Waals surface area (Å²) in [7, 11) is -3.24. The van der Waals surface area contributed by atoms with Crippen LogP contribution in [-0.4, -0.2) is 52.9 Å². The Morgan fingerprint density at radius 2 is 1.93 bits per heavy atom. The number of ether oxygens (including phenoxy) is 2. The first-order valence-corrected chi connectivity index (χ1v) is 11.6. The SMILES string of the molecule is Cc1cccc(OCCNC(=O)COC(=O)c2ccc(CCNS(C)(=O)=O)s2)c1. The van der Waals surface area contributed by atoms with Crippen LogP contribution in [0.25, 0.3) is 0 Å². The lowest BCUT2D eigenvalue weighted by molar-refractivity contribution is -0.124. The molecule has 0 aliphatic carbocycles. The number of rotatable bonds is 11. The van der Waals surface area contributed by atoms with Gasteiger partial charge in [-0.2, -0.15) is 0 Å². The van der Waals surface area contributed by atoms with Gasteiger partial charge in [0.15, 0.2) is 6.61 Å². The molecule has 1 aromatic carbocycles. The van der Waals surface area contributed by atoms with Gasteiger partial charge in [0.2, 0.25) is 10.0 Å². The number of hydrogen-bond acceptors (Lipinski definition) is 7. The summed E-state index contributed by atoms with van der Waals surface area (Å²) in [4.78, 5) is 25.0. The van der Waals surface area contributed by atoms with E-state index in [0.717, 1.165) is 22.4 Å². The summed E-state index contributed by atoms with van der Waals surface area (Å²) >= 11 is 1.20. The highest BCUT2D eigenvalue weighted by molar-refractivity contribution is 7.88. The van der Waals surface area contributed by atoms with E-state index in [1.54, 1.807) is 12.1 Å². The highest BCUT2D eigenvalue weighted by Crippen LogP contribution is 2.18. The van der Waals surface area contributed by atoms with Crippen molar-refractivity contribution >= 4 is 33.2 Å². The molecule has 158 valence electrons. The number of sulfonamides is 1. The van der Waals surface area contributed by atoms with Crippen LogP contribution < -0.4 is 14.8 Å². The maximum absolute atomic E-state index is 12.0. The lowest BCUT2D eigenvalue weighted by Gasteiger charge is -2.08. The highest BCUT2D eigenvalue weighted by atomic mass is 32.2. The second-order valence-electron chi connectivity index (χ2n) is 6.27. The van der Waals surface area contributed by atoms with Crippen LogP contribution in [0.3, 0.4) is 0 Å². The van der Waals surface area contributed by atoms with Crippen molar-refractivity contribution in [1.82, 2.24) is 10.0 Å². The maximum Gasteiger partial charge on any atom is 0.348 e. The van der Waals surface area contributed by atoms with Crippen LogP contribution in [0.2, 0.25) is 0 Å². The smallest absolute Gasteiger partial charge is 0.348 e. The number of carbonyl (C=O) groups is 2. The van der Waals surface area contributed by atoms with Crippen molar-refractivity contribution in [3.8, 4) is 5.75 Å². The van der Waals surface area contributed by atoms with Gasteiger partial charge in [-0.3, -0.25) is 4.79 Å². The third-order valence-electron chi connectivity index (χ3n) is 3.62. The Balaban J connectivity index is 1.64. The molecule has 8 nitrogen and oxygen atoms in total. The molecule has 0 saturated heterocycles. The predicted molar refractivity (Wildman–Crippen MR) is 111 cm³/mol. The van der Waals surface area contributed by atoms with Gasteiger partial charge >= 0.3 is 5.97 Å². The van der Waals surface area contributed by atoms with E-state index < -0.39 is 21.9 Å². The molecule has 0 aliphatic heterocycles. The quantitative estimate of drug-likeness (QED) is 0.405. The van der Waals surface area contributed by atoms with Crippen LogP contribution in [0.1, 0.15) is 20.1 Å². The molecule has 29 heavy (non-hydrogen) atoms. The van der Waals surface area contributed by atoms with E-state index in [1.165, 1.54) is 11.3 Å². The van der Waals surface area contributed by atoms with Crippen molar-refractivity contribution in [1.29, 1.82) is 0 Å². The number of thiophene rings is 1. The molecular formula is C19H24N2O6S2. The predicted octanol–water partition coefficient (Wildman–Crippen LogP) is 1.50. The molecule has 0 aliphatic rings. The van der Waals surface area contributed by atoms with Crippen LogP contribution in [0.5, 0.6) is 5.75 Å². The first kappa shape index (κ1) is 22.9. The molecule has 0 bridgehead atoms. The number of amides is 1. The largest absolute Gasteiger partial charge is 0.492 e. The first-order valence-electron chi connectivity index (χ1n) is 8.89. The zero-order valence-corrected chi connectivity index (χ0v) is 17.9. The van der Waals surface area contributed by atoms with Gasteiger partial charge in [0.05, 0.1) is 12.8 Å². The van der Waals surface area contributed by atoms with Crippen molar-refractivity contribution in [3.63, 3.8) is 0 Å². The third kappa shape index (κ3) is 9.07. The van der Waals surface area contributed by atoms with E-state index in [1.807, 2.05) is 31.2 Å². The third-order valence-corrected chi connectivity index (χ3v) is 5.47. The summed E-state index contributed by atoms with van der Waals surface area (Å²) < 4.78 is 35.0. The van der Waals surface area contributed by atoms with Gasteiger partial charge in [0.1, 0.15) is 17.2 Å². The first-order chi connectivity index (χ1) is 13.7. The summed E-state index contributed by atoms with van der Waals surface area (Å²) in [5.41, 5.74) is 1.09. The number of aryl methyl sites for hydroxylation is 1. The van der Waals surface area contributed by atoms with Crippen molar-refractivity contribution < 1.29 is 27.5 Å². The zero-order valence-electron chi connectivity index (χ0n) is 16.3. The van der Waals surface area contributed by atoms with Gasteiger partial charge in [-0.1, -0.05) is 12.1 Å². The van der Waals surface area contributed by atoms with Gasteiger partial charge in [-0.15, -0.1) is 11.3 Å². The van der Waals surface area contributed by atoms with Crippen LogP contribution in [0.15, 0.2) is 36.4 Å². The van der Waals surface area contributed by atoms with Crippen molar-refractivity contribution in [2.24, 2.45) is 0 Å². The van der Waals surface area contributed by atoms with Crippen LogP contribution in [-0.2, 0) is 26.0 Å². The molecule has 1 heterocycles. The van der Waals surface area contributed by atoms with Gasteiger partial charge in [0, 0.05) is 11.4 Å². The molecule has 0 radical (unpaired) electrons. The van der Waals surface area contributed by atoms with Gasteiger partial charge in [-0.05, 0) is 43.2 Å². The number of benzene rings is 1. The van der Waals surface area contributed by atoms with E-state index in [4.69, 9.17) is 9.47 Å². The second kappa shape index (κ2) is 10.9. The topological polar surface area (TPSA) is 111 Å². The maximum atomic E-state index is 12.0. The summed E-state index contributed by atoms with van der Waals surface area (Å²) in [5.74, 6) is -0.283. The van der Waals surface area contributed by atoms with Crippen molar-refractivity contribution in [2.75, 3.05) is 32.6 Å². The van der Waals surface area contributed by atoms with E-state index in [9.17, 15) is 18.0 Å². The molecule has 0 saturated carbocycles. The summed E-state index contributed by atoms with van der Waals surface area (Å²) in [6.07, 6.45) is 1.55. The lowest BCUT2D eigenvalue weighted by atomic mass is 10.2. The second-order valence-corrected chi connectivity index (χ2v) is 9.27. The Bertz CT molecular complexity index is 940. The van der Waals surface area contributed by atoms with E-state index >= 15 is 0 Å². The molecule has 10 heteroatoms. The lowest BCUT2D eigenvalue weighted by Crippen LogP contribution is -2.32. The summed E-state index contributed by atoms with van der Waals surface area (Å²) in [6.45, 7) is 2.43. The minimum Gasteiger partial charge on any atom is -0.492 e. The van der Waals surface area contributed by atoms with Crippen molar-refractivity contribution in [2.45, 2.75) is 13.3 Å². The molecule has 1 amide bonds. The summed E-state index contributed by atoms with van der Waals surface area (Å²) in [5, 5.41) is 2.62. The van der Waals surface area contributed by atoms with Crippen molar-refractivity contribution in [3.05, 3.63) is 51.7 Å². The van der Waals surface area contributed by atoms with E-state index in [0.29, 0.717) is 24.4 Å². The minimum absolute atomic E-state index is 0.251. The number of esters is 1. The Kier molecular flexibility index (Phi) is 8.62. The zero-order chi connectivity index (χ0) is 21.3. The number of hydrogen-bond donors (Lipinski definition) is 2. The molecule has 0 spiro atoms. The molecule has 1 aromatic heterocycles. The Labute approximate surface area is 174 Å². The fourth-order valence-electron chi connectivity index (χ4n) is 2.30. The van der Waals surface area contributed by atoms with Crippen LogP contribution in [0, 0.1) is 6.92 Å². The highest BCUT2D eigenvalue weighted by Gasteiger charge is 2.13. The van der Waals surface area contributed by atoms with E-state index in [2.05, 4.69) is 10.0 Å². The molecule has 0 unspecified atom stereocenters. The Morgan fingerprint density at radius 3 is 2.66 bits per heavy atom. The summed E-state index contributed by atoms with van der Waals surface area (Å²) in [6, 6.07) is 10.9. The van der Waals surface area contributed by atoms with Gasteiger partial charge in [-0.25, -0.2) is 17.9 Å². The monoisotopic (exact) mass is 440 g/mol. The Morgan fingerprint density at radius 1 is 1.14 bits per heavy atom. The molecular weight excluding hydrogens is 416 g/mol. The fourth-order valence-corrected chi connectivity index (χ4v) is 3.67. The fraction of sp³-hybridized carbons (Fsp3) is 0.368. The number of nitrogens with one attached hydrogen (secondary N) is 2.